The average molecular weight is 582 g/mol. The summed E-state index contributed by atoms with van der Waals surface area (Å²) in [5.74, 6) is -0.196. The first-order valence-electron chi connectivity index (χ1n) is 15.2. The van der Waals surface area contributed by atoms with Crippen LogP contribution in [-0.2, 0) is 25.6 Å². The van der Waals surface area contributed by atoms with E-state index in [1.165, 1.54) is 5.56 Å². The van der Waals surface area contributed by atoms with Gasteiger partial charge in [0, 0.05) is 35.3 Å². The molecule has 4 aliphatic carbocycles. The van der Waals surface area contributed by atoms with Crippen LogP contribution in [0.15, 0.2) is 54.1 Å². The summed E-state index contributed by atoms with van der Waals surface area (Å²) in [5.41, 5.74) is -0.789. The van der Waals surface area contributed by atoms with Gasteiger partial charge >= 0.3 is 5.97 Å². The molecule has 0 aromatic heterocycles. The van der Waals surface area contributed by atoms with E-state index in [1.807, 2.05) is 17.2 Å². The molecule has 4 fully saturated rings. The summed E-state index contributed by atoms with van der Waals surface area (Å²) in [6, 6.07) is 10.2. The van der Waals surface area contributed by atoms with Crippen LogP contribution >= 0.6 is 11.6 Å². The molecule has 6 rings (SSSR count). The third kappa shape index (κ3) is 3.73. The molecule has 0 unspecified atom stereocenters. The maximum atomic E-state index is 14.0. The number of aliphatic hydroxyl groups excluding tert-OH is 1. The second-order valence-corrected chi connectivity index (χ2v) is 14.4. The van der Waals surface area contributed by atoms with Crippen LogP contribution in [0.1, 0.15) is 65.9 Å². The van der Waals surface area contributed by atoms with Gasteiger partial charge in [-0.2, -0.15) is 5.06 Å². The highest BCUT2D eigenvalue weighted by Gasteiger charge is 2.82. The number of aliphatic hydroxyl groups is 1. The highest BCUT2D eigenvalue weighted by molar-refractivity contribution is 6.17. The number of esters is 1. The van der Waals surface area contributed by atoms with Crippen molar-refractivity contribution in [1.82, 2.24) is 5.06 Å². The van der Waals surface area contributed by atoms with Crippen molar-refractivity contribution in [3.05, 3.63) is 59.7 Å². The van der Waals surface area contributed by atoms with Crippen LogP contribution in [0.4, 0.5) is 0 Å². The number of rotatable bonds is 6. The molecular formula is C34H44ClNO5. The molecule has 9 atom stereocenters. The largest absolute Gasteiger partial charge is 0.447 e. The Balaban J connectivity index is 1.36. The number of nitrogens with zero attached hydrogens (tertiary/aromatic N) is 1. The summed E-state index contributed by atoms with van der Waals surface area (Å²) in [5, 5.41) is 14.2. The van der Waals surface area contributed by atoms with E-state index < -0.39 is 33.9 Å². The third-order valence-electron chi connectivity index (χ3n) is 12.7. The van der Waals surface area contributed by atoms with Crippen LogP contribution in [0.25, 0.3) is 0 Å². The van der Waals surface area contributed by atoms with Crippen LogP contribution < -0.4 is 0 Å². The van der Waals surface area contributed by atoms with E-state index in [9.17, 15) is 14.7 Å². The minimum absolute atomic E-state index is 0.0200. The Morgan fingerprint density at radius 3 is 2.61 bits per heavy atom. The van der Waals surface area contributed by atoms with Gasteiger partial charge in [-0.1, -0.05) is 88.2 Å². The highest BCUT2D eigenvalue weighted by atomic mass is 35.5. The summed E-state index contributed by atoms with van der Waals surface area (Å²) < 4.78 is 5.58. The molecule has 222 valence electrons. The number of ketones is 1. The second-order valence-electron chi connectivity index (χ2n) is 14.2. The quantitative estimate of drug-likeness (QED) is 0.334. The zero-order valence-corrected chi connectivity index (χ0v) is 25.7. The number of carbonyl (C=O) groups excluding carboxylic acids is 2. The van der Waals surface area contributed by atoms with E-state index in [-0.39, 0.29) is 35.0 Å². The first-order chi connectivity index (χ1) is 19.4. The molecule has 0 spiro atoms. The molecule has 0 bridgehead atoms. The molecule has 1 aromatic rings. The van der Waals surface area contributed by atoms with E-state index in [0.29, 0.717) is 19.5 Å². The summed E-state index contributed by atoms with van der Waals surface area (Å²) >= 11 is 5.99. The van der Waals surface area contributed by atoms with Crippen molar-refractivity contribution in [2.75, 3.05) is 19.2 Å². The Labute approximate surface area is 249 Å². The van der Waals surface area contributed by atoms with Gasteiger partial charge in [-0.05, 0) is 67.1 Å². The van der Waals surface area contributed by atoms with E-state index >= 15 is 0 Å². The Morgan fingerprint density at radius 2 is 1.90 bits per heavy atom. The number of benzene rings is 1. The van der Waals surface area contributed by atoms with Crippen LogP contribution in [0.2, 0.25) is 0 Å². The number of halogens is 1. The van der Waals surface area contributed by atoms with Gasteiger partial charge in [-0.15, -0.1) is 0 Å². The van der Waals surface area contributed by atoms with E-state index in [1.54, 1.807) is 12.2 Å². The first kappa shape index (κ1) is 29.1. The van der Waals surface area contributed by atoms with Crippen molar-refractivity contribution >= 4 is 23.4 Å². The predicted octanol–water partition coefficient (Wildman–Crippen LogP) is 5.88. The van der Waals surface area contributed by atoms with Crippen LogP contribution in [-0.4, -0.2) is 52.8 Å². The Hall–Kier alpha value is -1.99. The lowest BCUT2D eigenvalue weighted by molar-refractivity contribution is -0.289. The second kappa shape index (κ2) is 9.77. The molecule has 1 N–H and O–H groups in total. The number of hydrogen-bond acceptors (Lipinski definition) is 6. The summed E-state index contributed by atoms with van der Waals surface area (Å²) in [6.07, 6.45) is 8.69. The Kier molecular flexibility index (Phi) is 6.93. The first-order valence-corrected chi connectivity index (χ1v) is 15.8. The van der Waals surface area contributed by atoms with Crippen molar-refractivity contribution in [2.24, 2.45) is 39.4 Å². The van der Waals surface area contributed by atoms with Gasteiger partial charge in [-0.25, -0.2) is 4.79 Å². The normalized spacial score (nSPS) is 45.0. The zero-order chi connectivity index (χ0) is 29.4. The fourth-order valence-corrected chi connectivity index (χ4v) is 10.5. The minimum Gasteiger partial charge on any atom is -0.447 e. The fraction of sp³-hybridized carbons (Fsp3) is 0.647. The van der Waals surface area contributed by atoms with Gasteiger partial charge in [0.15, 0.2) is 17.5 Å². The van der Waals surface area contributed by atoms with Crippen molar-refractivity contribution < 1.29 is 24.3 Å². The molecule has 7 heteroatoms. The van der Waals surface area contributed by atoms with E-state index in [2.05, 4.69) is 58.9 Å². The number of alkyl halides is 1. The Morgan fingerprint density at radius 1 is 1.17 bits per heavy atom. The average Bonchev–Trinajstić information content (AvgIpc) is 3.38. The predicted molar refractivity (Wildman–Crippen MR) is 158 cm³/mol. The molecule has 41 heavy (non-hydrogen) atoms. The van der Waals surface area contributed by atoms with Crippen molar-refractivity contribution in [3.63, 3.8) is 0 Å². The number of carbonyl (C=O) groups is 2. The molecule has 1 aliphatic heterocycles. The summed E-state index contributed by atoms with van der Waals surface area (Å²) in [4.78, 5) is 33.3. The standard InChI is InChI=1S/C34H44ClNO5/c1-22-16-27-31(3)18-24-20-36(15-9-12-23-10-7-6-8-11-23)41-34(24,29(39)40-21-35)32(31,4)19-28(38)33(27,5)30(2)14-13-25(37)17-26(22)30/h6-8,10-11,13-14,17,22,24,27-28,38H,9,12,15-16,18-21H2,1-5H3/t22-,24-,27-,28-,30-,31-,32-,33+,34-/m0/s1. The number of ether oxygens (including phenoxy) is 1. The maximum absolute atomic E-state index is 14.0. The Bertz CT molecular complexity index is 1300. The molecular weight excluding hydrogens is 538 g/mol. The van der Waals surface area contributed by atoms with Gasteiger partial charge in [0.25, 0.3) is 0 Å². The van der Waals surface area contributed by atoms with Crippen LogP contribution in [0.5, 0.6) is 0 Å². The molecule has 3 saturated carbocycles. The van der Waals surface area contributed by atoms with Crippen LogP contribution in [0.3, 0.4) is 0 Å². The molecule has 0 amide bonds. The summed E-state index contributed by atoms with van der Waals surface area (Å²) in [6.45, 7) is 12.4. The lowest BCUT2D eigenvalue weighted by Gasteiger charge is -2.70. The smallest absolute Gasteiger partial charge is 0.342 e. The van der Waals surface area contributed by atoms with E-state index in [4.69, 9.17) is 21.2 Å². The van der Waals surface area contributed by atoms with Gasteiger partial charge in [0.1, 0.15) is 0 Å². The number of fused-ring (bicyclic) bond motifs is 7. The van der Waals surface area contributed by atoms with Gasteiger partial charge < -0.3 is 9.84 Å². The zero-order valence-electron chi connectivity index (χ0n) is 25.0. The van der Waals surface area contributed by atoms with Crippen molar-refractivity contribution in [2.45, 2.75) is 78.4 Å². The third-order valence-corrected chi connectivity index (χ3v) is 12.8. The molecule has 1 heterocycles. The maximum Gasteiger partial charge on any atom is 0.342 e. The lowest BCUT2D eigenvalue weighted by atomic mass is 9.35. The number of allylic oxidation sites excluding steroid dienone is 4. The minimum atomic E-state index is -1.22. The molecule has 0 radical (unpaired) electrons. The molecule has 1 aromatic carbocycles. The SMILES string of the molecule is C[C@H]1C[C@@H]2[C@](C)([C@@H](O)C[C@@]3(C)[C@@]2(C)C[C@H]2CN(CCCc4ccccc4)O[C@]23C(=O)OCCl)[C@@]2(C)C=CC(=O)C=C12. The van der Waals surface area contributed by atoms with Gasteiger partial charge in [0.05, 0.1) is 6.10 Å². The van der Waals surface area contributed by atoms with Crippen molar-refractivity contribution in [1.29, 1.82) is 0 Å². The number of hydrogen-bond donors (Lipinski definition) is 1. The highest BCUT2D eigenvalue weighted by Crippen LogP contribution is 2.79. The van der Waals surface area contributed by atoms with E-state index in [0.717, 1.165) is 31.3 Å². The van der Waals surface area contributed by atoms with Gasteiger partial charge in [-0.3, -0.25) is 9.63 Å². The lowest BCUT2D eigenvalue weighted by Crippen LogP contribution is -2.70. The monoisotopic (exact) mass is 581 g/mol. The fourth-order valence-electron chi connectivity index (χ4n) is 10.4. The number of hydroxylamine groups is 2. The topological polar surface area (TPSA) is 76.1 Å². The van der Waals surface area contributed by atoms with Gasteiger partial charge in [0.2, 0.25) is 0 Å². The van der Waals surface area contributed by atoms with Crippen molar-refractivity contribution in [3.8, 4) is 0 Å². The summed E-state index contributed by atoms with van der Waals surface area (Å²) in [7, 11) is 0. The number of aryl methyl sites for hydroxylation is 1. The molecule has 6 nitrogen and oxygen atoms in total. The molecule has 5 aliphatic rings. The molecule has 1 saturated heterocycles. The van der Waals surface area contributed by atoms with Crippen LogP contribution in [0, 0.1) is 39.4 Å².